The zero-order valence-corrected chi connectivity index (χ0v) is 18.9. The molecule has 2 aliphatic heterocycles. The second kappa shape index (κ2) is 8.27. The summed E-state index contributed by atoms with van der Waals surface area (Å²) in [5, 5.41) is 19.1. The van der Waals surface area contributed by atoms with Gasteiger partial charge in [0.05, 0.1) is 16.6 Å². The van der Waals surface area contributed by atoms with Gasteiger partial charge in [-0.3, -0.25) is 5.10 Å². The van der Waals surface area contributed by atoms with E-state index in [1.54, 1.807) is 24.4 Å². The van der Waals surface area contributed by atoms with Crippen LogP contribution in [0.1, 0.15) is 6.42 Å². The summed E-state index contributed by atoms with van der Waals surface area (Å²) >= 11 is 1.46. The molecule has 13 heteroatoms. The van der Waals surface area contributed by atoms with E-state index in [0.29, 0.717) is 28.7 Å². The Hall–Kier alpha value is -3.58. The van der Waals surface area contributed by atoms with Gasteiger partial charge in [0.25, 0.3) is 0 Å². The third-order valence-electron chi connectivity index (χ3n) is 6.33. The molecule has 0 aliphatic carbocycles. The number of anilines is 1. The third kappa shape index (κ3) is 4.00. The number of carbonyl (C=O) groups is 1. The molecule has 2 N–H and O–H groups in total. The number of halogens is 3. The Kier molecular flexibility index (Phi) is 5.18. The minimum Gasteiger partial charge on any atom is -0.419 e. The zero-order chi connectivity index (χ0) is 24.2. The largest absolute Gasteiger partial charge is 0.491 e. The summed E-state index contributed by atoms with van der Waals surface area (Å²) in [6.45, 7) is 2.89. The van der Waals surface area contributed by atoms with E-state index >= 15 is 0 Å². The van der Waals surface area contributed by atoms with Crippen LogP contribution in [-0.2, 0) is 4.79 Å². The summed E-state index contributed by atoms with van der Waals surface area (Å²) in [5.74, 6) is -1.93. The van der Waals surface area contributed by atoms with Crippen LogP contribution in [-0.4, -0.2) is 63.2 Å². The number of aromatic nitrogens is 5. The minimum absolute atomic E-state index is 0.208. The molecule has 2 saturated heterocycles. The lowest BCUT2D eigenvalue weighted by Crippen LogP contribution is -2.63. The van der Waals surface area contributed by atoms with Crippen molar-refractivity contribution in [2.45, 2.75) is 18.6 Å². The molecule has 0 radical (unpaired) electrons. The smallest absolute Gasteiger partial charge is 0.419 e. The summed E-state index contributed by atoms with van der Waals surface area (Å²) in [5.41, 5.74) is 2.09. The Bertz CT molecular complexity index is 1410. The van der Waals surface area contributed by atoms with Gasteiger partial charge in [0.1, 0.15) is 5.75 Å². The molecule has 0 unspecified atom stereocenters. The van der Waals surface area contributed by atoms with E-state index in [9.17, 15) is 18.0 Å². The van der Waals surface area contributed by atoms with Crippen LogP contribution < -0.4 is 15.0 Å². The maximum Gasteiger partial charge on any atom is 0.491 e. The number of fused-ring (bicyclic) bond motifs is 2. The molecule has 2 aliphatic rings. The summed E-state index contributed by atoms with van der Waals surface area (Å²) in [6, 6.07) is 6.69. The Labute approximate surface area is 200 Å². The Morgan fingerprint density at radius 2 is 2.09 bits per heavy atom. The molecular weight excluding hydrogens is 483 g/mol. The molecule has 0 spiro atoms. The first-order valence-electron chi connectivity index (χ1n) is 10.9. The monoisotopic (exact) mass is 501 g/mol. The summed E-state index contributed by atoms with van der Waals surface area (Å²) in [6.07, 6.45) is -0.910. The molecule has 0 bridgehead atoms. The maximum atomic E-state index is 13.0. The molecule has 4 aromatic rings. The lowest BCUT2D eigenvalue weighted by molar-refractivity contribution is -0.189. The molecule has 6 rings (SSSR count). The van der Waals surface area contributed by atoms with Crippen molar-refractivity contribution in [2.24, 2.45) is 5.92 Å². The molecule has 2 fully saturated rings. The number of benzene rings is 1. The van der Waals surface area contributed by atoms with Gasteiger partial charge in [0, 0.05) is 36.5 Å². The standard InChI is InChI=1S/C22H18F3N7O2S/c23-22(24,25)20(33)34-17-5-11(13-7-27-28-8-13)1-2-14(17)15-6-18-19(31-30-15)29-21(35-18)32-10-12-3-4-26-9-16(12)32/h1-2,5-8,12,16,26H,3-4,9-10H2,(H,27,28)/t12-,16-/m0/s1. The topological polar surface area (TPSA) is 109 Å². The van der Waals surface area contributed by atoms with Crippen molar-refractivity contribution < 1.29 is 22.7 Å². The zero-order valence-electron chi connectivity index (χ0n) is 18.0. The third-order valence-corrected chi connectivity index (χ3v) is 7.36. The fourth-order valence-corrected chi connectivity index (χ4v) is 5.50. The molecular formula is C22H18F3N7O2S. The number of alkyl halides is 3. The van der Waals surface area contributed by atoms with Crippen LogP contribution in [0.5, 0.6) is 5.75 Å². The highest BCUT2D eigenvalue weighted by Gasteiger charge is 2.42. The van der Waals surface area contributed by atoms with E-state index in [1.165, 1.54) is 23.6 Å². The van der Waals surface area contributed by atoms with Gasteiger partial charge in [-0.1, -0.05) is 17.4 Å². The number of hydrogen-bond acceptors (Lipinski definition) is 9. The number of hydrogen-bond donors (Lipinski definition) is 2. The first kappa shape index (κ1) is 21.9. The summed E-state index contributed by atoms with van der Waals surface area (Å²) in [7, 11) is 0. The van der Waals surface area contributed by atoms with Crippen LogP contribution in [0.3, 0.4) is 0 Å². The van der Waals surface area contributed by atoms with Gasteiger partial charge in [-0.15, -0.1) is 10.2 Å². The van der Waals surface area contributed by atoms with Crippen LogP contribution in [0, 0.1) is 5.92 Å². The molecule has 0 amide bonds. The van der Waals surface area contributed by atoms with E-state index < -0.39 is 12.1 Å². The number of thiazole rings is 1. The molecule has 9 nitrogen and oxygen atoms in total. The second-order valence-electron chi connectivity index (χ2n) is 8.47. The number of ether oxygens (including phenoxy) is 1. The highest BCUT2D eigenvalue weighted by molar-refractivity contribution is 7.22. The Balaban J connectivity index is 1.36. The molecule has 35 heavy (non-hydrogen) atoms. The van der Waals surface area contributed by atoms with E-state index in [2.05, 4.69) is 35.6 Å². The fourth-order valence-electron chi connectivity index (χ4n) is 4.50. The van der Waals surface area contributed by atoms with Gasteiger partial charge in [-0.2, -0.15) is 23.3 Å². The van der Waals surface area contributed by atoms with Crippen molar-refractivity contribution in [1.82, 2.24) is 30.7 Å². The van der Waals surface area contributed by atoms with Crippen LogP contribution in [0.15, 0.2) is 36.7 Å². The average molecular weight is 501 g/mol. The van der Waals surface area contributed by atoms with E-state index in [-0.39, 0.29) is 17.0 Å². The summed E-state index contributed by atoms with van der Waals surface area (Å²) in [4.78, 5) is 18.5. The van der Waals surface area contributed by atoms with Crippen LogP contribution in [0.4, 0.5) is 18.3 Å². The van der Waals surface area contributed by atoms with Crippen molar-refractivity contribution in [3.63, 3.8) is 0 Å². The highest BCUT2D eigenvalue weighted by Crippen LogP contribution is 2.40. The summed E-state index contributed by atoms with van der Waals surface area (Å²) < 4.78 is 44.4. The SMILES string of the molecule is O=C(Oc1cc(-c2cn[nH]c2)ccc1-c1cc2sc(N3C[C@@H]4CCNC[C@@H]43)nc2nn1)C(F)(F)F. The van der Waals surface area contributed by atoms with Crippen LogP contribution in [0.2, 0.25) is 0 Å². The Morgan fingerprint density at radius 1 is 1.20 bits per heavy atom. The van der Waals surface area contributed by atoms with Crippen molar-refractivity contribution in [2.75, 3.05) is 24.5 Å². The molecule has 3 aromatic heterocycles. The van der Waals surface area contributed by atoms with Crippen molar-refractivity contribution in [1.29, 1.82) is 0 Å². The van der Waals surface area contributed by atoms with Gasteiger partial charge < -0.3 is 15.0 Å². The molecule has 2 atom stereocenters. The first-order chi connectivity index (χ1) is 16.9. The molecule has 1 aromatic carbocycles. The number of carbonyl (C=O) groups excluding carboxylic acids is 1. The minimum atomic E-state index is -5.14. The first-order valence-corrected chi connectivity index (χ1v) is 11.7. The lowest BCUT2D eigenvalue weighted by Gasteiger charge is -2.50. The van der Waals surface area contributed by atoms with Crippen molar-refractivity contribution >= 4 is 32.8 Å². The number of nitrogens with one attached hydrogen (secondary N) is 2. The maximum absolute atomic E-state index is 13.0. The predicted molar refractivity (Wildman–Crippen MR) is 122 cm³/mol. The number of esters is 1. The normalized spacial score (nSPS) is 19.9. The number of nitrogens with zero attached hydrogens (tertiary/aromatic N) is 5. The molecule has 5 heterocycles. The number of aromatic amines is 1. The number of H-pyrrole nitrogens is 1. The molecule has 180 valence electrons. The van der Waals surface area contributed by atoms with E-state index in [1.807, 2.05) is 0 Å². The predicted octanol–water partition coefficient (Wildman–Crippen LogP) is 3.41. The Morgan fingerprint density at radius 3 is 2.86 bits per heavy atom. The van der Waals surface area contributed by atoms with Gasteiger partial charge >= 0.3 is 12.1 Å². The number of rotatable bonds is 4. The average Bonchev–Trinajstić information content (AvgIpc) is 3.49. The van der Waals surface area contributed by atoms with Gasteiger partial charge in [-0.05, 0) is 42.6 Å². The van der Waals surface area contributed by atoms with Crippen molar-refractivity contribution in [3.8, 4) is 28.1 Å². The van der Waals surface area contributed by atoms with Gasteiger partial charge in [0.15, 0.2) is 10.8 Å². The number of piperidine rings is 1. The van der Waals surface area contributed by atoms with E-state index in [4.69, 9.17) is 4.74 Å². The molecule has 0 saturated carbocycles. The highest BCUT2D eigenvalue weighted by atomic mass is 32.1. The van der Waals surface area contributed by atoms with Crippen LogP contribution in [0.25, 0.3) is 32.7 Å². The lowest BCUT2D eigenvalue weighted by atomic mass is 9.84. The van der Waals surface area contributed by atoms with Gasteiger partial charge in [0.2, 0.25) is 0 Å². The van der Waals surface area contributed by atoms with Crippen molar-refractivity contribution in [3.05, 3.63) is 36.7 Å². The second-order valence-corrected chi connectivity index (χ2v) is 9.48. The van der Waals surface area contributed by atoms with Gasteiger partial charge in [-0.25, -0.2) is 4.79 Å². The quantitative estimate of drug-likeness (QED) is 0.324. The van der Waals surface area contributed by atoms with E-state index in [0.717, 1.165) is 35.9 Å². The van der Waals surface area contributed by atoms with Crippen LogP contribution >= 0.6 is 11.3 Å². The fraction of sp³-hybridized carbons (Fsp3) is 0.318.